The standard InChI is InChI=1S/C32H34O4S2/c1-7-9-25-15-19(3)27(21(5)29(25)33)17-37-31(35)23-11-13-24(14-12-23)32(36)38-18-28-20(4)16-26(10-8-2)30(34)22(28)6/h7-8,11-16,33-34H,1-2,9-10,17-18H2,3-6H3. The van der Waals surface area contributed by atoms with E-state index in [1.807, 2.05) is 39.8 Å². The van der Waals surface area contributed by atoms with Gasteiger partial charge in [0.1, 0.15) is 11.5 Å². The van der Waals surface area contributed by atoms with Crippen LogP contribution < -0.4 is 0 Å². The Morgan fingerprint density at radius 1 is 0.711 bits per heavy atom. The Bertz CT molecular complexity index is 1280. The molecule has 0 aliphatic rings. The van der Waals surface area contributed by atoms with Gasteiger partial charge in [0.2, 0.25) is 10.2 Å². The van der Waals surface area contributed by atoms with Gasteiger partial charge in [-0.25, -0.2) is 0 Å². The van der Waals surface area contributed by atoms with E-state index in [2.05, 4.69) is 13.2 Å². The second kappa shape index (κ2) is 13.0. The SMILES string of the molecule is C=CCc1cc(C)c(CSC(=O)c2ccc(C(=O)SCc3c(C)cc(CC=C)c(O)c3C)cc2)c(C)c1O. The molecule has 0 saturated heterocycles. The molecule has 0 heterocycles. The number of benzene rings is 3. The molecule has 0 atom stereocenters. The third-order valence-electron chi connectivity index (χ3n) is 6.74. The van der Waals surface area contributed by atoms with Crippen LogP contribution in [0, 0.1) is 27.7 Å². The van der Waals surface area contributed by atoms with Crippen LogP contribution in [0.5, 0.6) is 11.5 Å². The number of aromatic hydroxyl groups is 2. The number of thioether (sulfide) groups is 2. The van der Waals surface area contributed by atoms with E-state index in [1.54, 1.807) is 36.4 Å². The number of phenolic OH excluding ortho intramolecular Hbond substituents is 2. The first-order valence-electron chi connectivity index (χ1n) is 12.4. The van der Waals surface area contributed by atoms with E-state index in [0.29, 0.717) is 35.5 Å². The van der Waals surface area contributed by atoms with Crippen LogP contribution in [-0.4, -0.2) is 20.4 Å². The molecule has 3 aromatic carbocycles. The van der Waals surface area contributed by atoms with E-state index in [-0.39, 0.29) is 21.7 Å². The summed E-state index contributed by atoms with van der Waals surface area (Å²) in [7, 11) is 0. The monoisotopic (exact) mass is 546 g/mol. The highest BCUT2D eigenvalue weighted by Gasteiger charge is 2.17. The van der Waals surface area contributed by atoms with Crippen molar-refractivity contribution >= 4 is 33.8 Å². The van der Waals surface area contributed by atoms with Crippen molar-refractivity contribution in [3.63, 3.8) is 0 Å². The highest BCUT2D eigenvalue weighted by molar-refractivity contribution is 8.13. The van der Waals surface area contributed by atoms with E-state index >= 15 is 0 Å². The van der Waals surface area contributed by atoms with Crippen molar-refractivity contribution in [2.45, 2.75) is 52.0 Å². The average molecular weight is 547 g/mol. The van der Waals surface area contributed by atoms with E-state index in [1.165, 1.54) is 23.5 Å². The number of hydrogen-bond acceptors (Lipinski definition) is 6. The van der Waals surface area contributed by atoms with Crippen LogP contribution >= 0.6 is 23.5 Å². The third kappa shape index (κ3) is 6.61. The van der Waals surface area contributed by atoms with Gasteiger partial charge in [-0.1, -0.05) is 47.8 Å². The first-order chi connectivity index (χ1) is 18.1. The first-order valence-corrected chi connectivity index (χ1v) is 14.3. The third-order valence-corrected chi connectivity index (χ3v) is 8.60. The second-order valence-electron chi connectivity index (χ2n) is 9.32. The molecule has 0 saturated carbocycles. The summed E-state index contributed by atoms with van der Waals surface area (Å²) < 4.78 is 0. The number of phenols is 2. The molecular formula is C32H34O4S2. The highest BCUT2D eigenvalue weighted by Crippen LogP contribution is 2.34. The highest BCUT2D eigenvalue weighted by atomic mass is 32.2. The Morgan fingerprint density at radius 2 is 1.05 bits per heavy atom. The van der Waals surface area contributed by atoms with Gasteiger partial charge in [-0.2, -0.15) is 0 Å². The molecule has 2 N–H and O–H groups in total. The lowest BCUT2D eigenvalue weighted by Gasteiger charge is -2.15. The molecule has 0 bridgehead atoms. The predicted octanol–water partition coefficient (Wildman–Crippen LogP) is 7.94. The van der Waals surface area contributed by atoms with Gasteiger partial charge in [-0.05, 0) is 109 Å². The van der Waals surface area contributed by atoms with Gasteiger partial charge in [-0.3, -0.25) is 9.59 Å². The molecule has 0 aliphatic heterocycles. The molecule has 6 heteroatoms. The Kier molecular flexibility index (Phi) is 10.1. The van der Waals surface area contributed by atoms with Gasteiger partial charge < -0.3 is 10.2 Å². The summed E-state index contributed by atoms with van der Waals surface area (Å²) in [6.45, 7) is 15.2. The molecule has 198 valence electrons. The molecule has 0 amide bonds. The van der Waals surface area contributed by atoms with Crippen LogP contribution in [0.3, 0.4) is 0 Å². The van der Waals surface area contributed by atoms with E-state index in [9.17, 15) is 19.8 Å². The lowest BCUT2D eigenvalue weighted by Crippen LogP contribution is -2.01. The summed E-state index contributed by atoms with van der Waals surface area (Å²) in [5, 5.41) is 20.8. The number of allylic oxidation sites excluding steroid dienone is 2. The molecule has 3 rings (SSSR count). The predicted molar refractivity (Wildman–Crippen MR) is 161 cm³/mol. The molecule has 0 spiro atoms. The Hall–Kier alpha value is -3.22. The minimum atomic E-state index is -0.0913. The summed E-state index contributed by atoms with van der Waals surface area (Å²) in [6.07, 6.45) is 4.70. The molecule has 0 fully saturated rings. The van der Waals surface area contributed by atoms with Crippen LogP contribution in [0.15, 0.2) is 61.7 Å². The quantitative estimate of drug-likeness (QED) is 0.252. The molecule has 0 radical (unpaired) electrons. The fraction of sp³-hybridized carbons (Fsp3) is 0.250. The number of carbonyl (C=O) groups excluding carboxylic acids is 2. The van der Waals surface area contributed by atoms with Crippen molar-refractivity contribution in [3.8, 4) is 11.5 Å². The molecule has 3 aromatic rings. The topological polar surface area (TPSA) is 74.6 Å². The normalized spacial score (nSPS) is 10.8. The minimum absolute atomic E-state index is 0.0913. The maximum absolute atomic E-state index is 12.8. The van der Waals surface area contributed by atoms with Crippen molar-refractivity contribution in [1.29, 1.82) is 0 Å². The molecule has 0 aromatic heterocycles. The van der Waals surface area contributed by atoms with Crippen LogP contribution in [0.1, 0.15) is 65.2 Å². The van der Waals surface area contributed by atoms with Gasteiger partial charge in [-0.15, -0.1) is 13.2 Å². The summed E-state index contributed by atoms with van der Waals surface area (Å²) in [5.74, 6) is 1.41. The van der Waals surface area contributed by atoms with Crippen LogP contribution in [-0.2, 0) is 24.3 Å². The van der Waals surface area contributed by atoms with Crippen molar-refractivity contribution in [1.82, 2.24) is 0 Å². The van der Waals surface area contributed by atoms with Gasteiger partial charge in [0.05, 0.1) is 0 Å². The van der Waals surface area contributed by atoms with Crippen LogP contribution in [0.4, 0.5) is 0 Å². The number of aryl methyl sites for hydroxylation is 2. The van der Waals surface area contributed by atoms with Crippen LogP contribution in [0.2, 0.25) is 0 Å². The molecule has 0 aliphatic carbocycles. The maximum Gasteiger partial charge on any atom is 0.219 e. The molecular weight excluding hydrogens is 512 g/mol. The first kappa shape index (κ1) is 29.3. The number of rotatable bonds is 10. The lowest BCUT2D eigenvalue weighted by atomic mass is 9.97. The zero-order valence-electron chi connectivity index (χ0n) is 22.4. The zero-order valence-corrected chi connectivity index (χ0v) is 24.0. The van der Waals surface area contributed by atoms with Gasteiger partial charge in [0.15, 0.2) is 0 Å². The molecule has 0 unspecified atom stereocenters. The van der Waals surface area contributed by atoms with E-state index < -0.39 is 0 Å². The molecule has 38 heavy (non-hydrogen) atoms. The van der Waals surface area contributed by atoms with Gasteiger partial charge in [0.25, 0.3) is 0 Å². The van der Waals surface area contributed by atoms with Crippen molar-refractivity contribution in [2.75, 3.05) is 0 Å². The summed E-state index contributed by atoms with van der Waals surface area (Å²) >= 11 is 2.36. The van der Waals surface area contributed by atoms with E-state index in [4.69, 9.17) is 0 Å². The van der Waals surface area contributed by atoms with Gasteiger partial charge in [0, 0.05) is 22.6 Å². The average Bonchev–Trinajstić information content (AvgIpc) is 2.90. The largest absolute Gasteiger partial charge is 0.507 e. The summed E-state index contributed by atoms with van der Waals surface area (Å²) in [4.78, 5) is 25.7. The second-order valence-corrected chi connectivity index (χ2v) is 11.2. The Balaban J connectivity index is 1.64. The Morgan fingerprint density at radius 3 is 1.37 bits per heavy atom. The fourth-order valence-corrected chi connectivity index (χ4v) is 6.49. The van der Waals surface area contributed by atoms with Gasteiger partial charge >= 0.3 is 0 Å². The number of carbonyl (C=O) groups is 2. The van der Waals surface area contributed by atoms with Crippen molar-refractivity contribution in [2.24, 2.45) is 0 Å². The van der Waals surface area contributed by atoms with Crippen molar-refractivity contribution < 1.29 is 19.8 Å². The Labute approximate surface area is 233 Å². The molecule has 4 nitrogen and oxygen atoms in total. The summed E-state index contributed by atoms with van der Waals surface area (Å²) in [5.41, 5.74) is 8.25. The maximum atomic E-state index is 12.8. The number of hydrogen-bond donors (Lipinski definition) is 2. The lowest BCUT2D eigenvalue weighted by molar-refractivity contribution is 0.107. The summed E-state index contributed by atoms with van der Waals surface area (Å²) in [6, 6.07) is 10.6. The zero-order chi connectivity index (χ0) is 28.0. The van der Waals surface area contributed by atoms with Crippen molar-refractivity contribution in [3.05, 3.63) is 117 Å². The fourth-order valence-electron chi connectivity index (χ4n) is 4.44. The minimum Gasteiger partial charge on any atom is -0.507 e. The van der Waals surface area contributed by atoms with Crippen LogP contribution in [0.25, 0.3) is 0 Å². The van der Waals surface area contributed by atoms with E-state index in [0.717, 1.165) is 44.5 Å². The smallest absolute Gasteiger partial charge is 0.219 e.